The van der Waals surface area contributed by atoms with Crippen LogP contribution in [0.4, 0.5) is 26.3 Å². The Morgan fingerprint density at radius 2 is 1.60 bits per heavy atom. The molecular formula is C7H6F6O2. The fourth-order valence-electron chi connectivity index (χ4n) is 1.48. The summed E-state index contributed by atoms with van der Waals surface area (Å²) in [6, 6.07) is 0. The first-order valence-electron chi connectivity index (χ1n) is 3.79. The van der Waals surface area contributed by atoms with Gasteiger partial charge in [0, 0.05) is 0 Å². The summed E-state index contributed by atoms with van der Waals surface area (Å²) >= 11 is 0. The van der Waals surface area contributed by atoms with Gasteiger partial charge in [0.2, 0.25) is 0 Å². The molecule has 8 heteroatoms. The molecule has 0 N–H and O–H groups in total. The lowest BCUT2D eigenvalue weighted by Gasteiger charge is -2.23. The number of carbonyl (C=O) groups excluding carboxylic acids is 1. The van der Waals surface area contributed by atoms with Gasteiger partial charge in [-0.2, -0.15) is 26.3 Å². The molecule has 0 bridgehead atoms. The van der Waals surface area contributed by atoms with Crippen LogP contribution in [0.2, 0.25) is 0 Å². The summed E-state index contributed by atoms with van der Waals surface area (Å²) in [7, 11) is 0.748. The summed E-state index contributed by atoms with van der Waals surface area (Å²) in [6.45, 7) is 0. The zero-order chi connectivity index (χ0) is 12.1. The van der Waals surface area contributed by atoms with Crippen LogP contribution in [0.25, 0.3) is 0 Å². The Kier molecular flexibility index (Phi) is 2.44. The molecule has 0 spiro atoms. The number of rotatable bonds is 1. The molecule has 0 saturated heterocycles. The minimum atomic E-state index is -5.48. The molecule has 1 unspecified atom stereocenters. The van der Waals surface area contributed by atoms with Gasteiger partial charge in [-0.05, 0) is 6.42 Å². The minimum Gasteiger partial charge on any atom is -0.469 e. The molecule has 88 valence electrons. The smallest absolute Gasteiger partial charge is 0.404 e. The summed E-state index contributed by atoms with van der Waals surface area (Å²) in [5, 5.41) is 0. The molecule has 0 amide bonds. The lowest BCUT2D eigenvalue weighted by molar-refractivity contribution is -0.305. The molecule has 0 aromatic carbocycles. The van der Waals surface area contributed by atoms with Crippen molar-refractivity contribution in [3.63, 3.8) is 0 Å². The van der Waals surface area contributed by atoms with Crippen molar-refractivity contribution >= 4 is 5.97 Å². The number of carbonyl (C=O) groups is 1. The Morgan fingerprint density at radius 1 is 1.20 bits per heavy atom. The molecule has 2 nitrogen and oxygen atoms in total. The van der Waals surface area contributed by atoms with Crippen LogP contribution < -0.4 is 0 Å². The van der Waals surface area contributed by atoms with Crippen molar-refractivity contribution in [3.05, 3.63) is 0 Å². The van der Waals surface area contributed by atoms with E-state index in [1.807, 2.05) is 0 Å². The second-order valence-electron chi connectivity index (χ2n) is 3.25. The number of hydrogen-bond acceptors (Lipinski definition) is 2. The molecule has 1 aliphatic rings. The predicted molar refractivity (Wildman–Crippen MR) is 34.7 cm³/mol. The molecule has 1 saturated carbocycles. The van der Waals surface area contributed by atoms with Gasteiger partial charge in [0.1, 0.15) is 0 Å². The van der Waals surface area contributed by atoms with Crippen LogP contribution in [0, 0.1) is 11.3 Å². The van der Waals surface area contributed by atoms with Gasteiger partial charge < -0.3 is 4.74 Å². The quantitative estimate of drug-likeness (QED) is 0.515. The molecule has 1 fully saturated rings. The summed E-state index contributed by atoms with van der Waals surface area (Å²) < 4.78 is 77.1. The standard InChI is InChI=1S/C7H6F6O2/c1-15-4(14)3-2-5(3,6(8,9)10)7(11,12)13/h3H,2H2,1H3. The normalized spacial score (nSPS) is 24.9. The maximum atomic E-state index is 12.2. The lowest BCUT2D eigenvalue weighted by Crippen LogP contribution is -2.41. The van der Waals surface area contributed by atoms with E-state index < -0.39 is 36.1 Å². The van der Waals surface area contributed by atoms with Crippen molar-refractivity contribution in [2.24, 2.45) is 11.3 Å². The SMILES string of the molecule is COC(=O)C1CC1(C(F)(F)F)C(F)(F)F. The second kappa shape index (κ2) is 3.02. The first-order valence-corrected chi connectivity index (χ1v) is 3.79. The first kappa shape index (κ1) is 12.1. The summed E-state index contributed by atoms with van der Waals surface area (Å²) in [5.74, 6) is -3.65. The van der Waals surface area contributed by atoms with Gasteiger partial charge in [-0.1, -0.05) is 0 Å². The Labute approximate surface area is 80.2 Å². The van der Waals surface area contributed by atoms with Gasteiger partial charge in [0.25, 0.3) is 0 Å². The molecule has 0 aromatic rings. The third-order valence-corrected chi connectivity index (χ3v) is 2.46. The monoisotopic (exact) mass is 236 g/mol. The molecule has 0 aliphatic heterocycles. The summed E-state index contributed by atoms with van der Waals surface area (Å²) in [5.41, 5.74) is -3.91. The highest BCUT2D eigenvalue weighted by Gasteiger charge is 2.85. The van der Waals surface area contributed by atoms with Crippen molar-refractivity contribution in [3.8, 4) is 0 Å². The number of halogens is 6. The average molecular weight is 236 g/mol. The van der Waals surface area contributed by atoms with Crippen LogP contribution in [-0.2, 0) is 9.53 Å². The topological polar surface area (TPSA) is 26.3 Å². The maximum absolute atomic E-state index is 12.2. The van der Waals surface area contributed by atoms with Crippen LogP contribution >= 0.6 is 0 Å². The number of methoxy groups -OCH3 is 1. The second-order valence-corrected chi connectivity index (χ2v) is 3.25. The number of esters is 1. The molecular weight excluding hydrogens is 230 g/mol. The molecule has 1 rings (SSSR count). The molecule has 15 heavy (non-hydrogen) atoms. The van der Waals surface area contributed by atoms with Crippen molar-refractivity contribution in [1.29, 1.82) is 0 Å². The Hall–Kier alpha value is -0.950. The van der Waals surface area contributed by atoms with Gasteiger partial charge in [0.05, 0.1) is 13.0 Å². The van der Waals surface area contributed by atoms with Gasteiger partial charge >= 0.3 is 18.3 Å². The Bertz CT molecular complexity index is 264. The van der Waals surface area contributed by atoms with E-state index in [4.69, 9.17) is 0 Å². The third-order valence-electron chi connectivity index (χ3n) is 2.46. The zero-order valence-electron chi connectivity index (χ0n) is 7.37. The molecule has 1 aliphatic carbocycles. The largest absolute Gasteiger partial charge is 0.469 e. The maximum Gasteiger partial charge on any atom is 0.404 e. The van der Waals surface area contributed by atoms with Crippen LogP contribution in [0.5, 0.6) is 0 Å². The first-order chi connectivity index (χ1) is 6.58. The van der Waals surface area contributed by atoms with Crippen LogP contribution in [0.15, 0.2) is 0 Å². The lowest BCUT2D eigenvalue weighted by atomic mass is 10.0. The highest BCUT2D eigenvalue weighted by atomic mass is 19.4. The molecule has 0 heterocycles. The summed E-state index contributed by atoms with van der Waals surface area (Å²) in [6.07, 6.45) is -12.2. The van der Waals surface area contributed by atoms with E-state index >= 15 is 0 Å². The fourth-order valence-corrected chi connectivity index (χ4v) is 1.48. The molecule has 0 aromatic heterocycles. The highest BCUT2D eigenvalue weighted by Crippen LogP contribution is 2.70. The van der Waals surface area contributed by atoms with Crippen LogP contribution in [0.3, 0.4) is 0 Å². The van der Waals surface area contributed by atoms with E-state index in [2.05, 4.69) is 4.74 Å². The zero-order valence-corrected chi connectivity index (χ0v) is 7.37. The van der Waals surface area contributed by atoms with E-state index in [0.717, 1.165) is 7.11 Å². The van der Waals surface area contributed by atoms with Gasteiger partial charge in [-0.3, -0.25) is 4.79 Å². The number of alkyl halides is 6. The minimum absolute atomic E-state index is 0.748. The Morgan fingerprint density at radius 3 is 1.80 bits per heavy atom. The van der Waals surface area contributed by atoms with E-state index in [0.29, 0.717) is 0 Å². The molecule has 0 radical (unpaired) electrons. The number of hydrogen-bond donors (Lipinski definition) is 0. The van der Waals surface area contributed by atoms with E-state index in [1.165, 1.54) is 0 Å². The van der Waals surface area contributed by atoms with E-state index in [-0.39, 0.29) is 0 Å². The van der Waals surface area contributed by atoms with Crippen LogP contribution in [-0.4, -0.2) is 25.4 Å². The summed E-state index contributed by atoms with van der Waals surface area (Å²) in [4.78, 5) is 10.7. The van der Waals surface area contributed by atoms with Crippen molar-refractivity contribution in [2.75, 3.05) is 7.11 Å². The van der Waals surface area contributed by atoms with Gasteiger partial charge in [-0.15, -0.1) is 0 Å². The third kappa shape index (κ3) is 1.55. The van der Waals surface area contributed by atoms with E-state index in [1.54, 1.807) is 0 Å². The van der Waals surface area contributed by atoms with Gasteiger partial charge in [-0.25, -0.2) is 0 Å². The van der Waals surface area contributed by atoms with E-state index in [9.17, 15) is 31.1 Å². The van der Waals surface area contributed by atoms with Crippen molar-refractivity contribution < 1.29 is 35.9 Å². The predicted octanol–water partition coefficient (Wildman–Crippen LogP) is 2.29. The highest BCUT2D eigenvalue weighted by molar-refractivity contribution is 5.77. The Balaban J connectivity index is 3.02. The molecule has 1 atom stereocenters. The van der Waals surface area contributed by atoms with Gasteiger partial charge in [0.15, 0.2) is 5.41 Å². The van der Waals surface area contributed by atoms with Crippen molar-refractivity contribution in [1.82, 2.24) is 0 Å². The average Bonchev–Trinajstić information content (AvgIpc) is 2.75. The fraction of sp³-hybridized carbons (Fsp3) is 0.857. The van der Waals surface area contributed by atoms with Crippen molar-refractivity contribution in [2.45, 2.75) is 18.8 Å². The van der Waals surface area contributed by atoms with Crippen LogP contribution in [0.1, 0.15) is 6.42 Å². The number of ether oxygens (including phenoxy) is 1.